The SMILES string of the molecule is CCCCCCNCCOc1ccc(C)nc1CC. The van der Waals surface area contributed by atoms with Gasteiger partial charge in [0.2, 0.25) is 0 Å². The molecule has 0 bridgehead atoms. The van der Waals surface area contributed by atoms with Crippen molar-refractivity contribution in [1.29, 1.82) is 0 Å². The molecule has 0 aliphatic rings. The summed E-state index contributed by atoms with van der Waals surface area (Å²) in [7, 11) is 0. The molecule has 0 unspecified atom stereocenters. The number of rotatable bonds is 10. The molecule has 1 aromatic heterocycles. The number of aromatic nitrogens is 1. The Morgan fingerprint density at radius 1 is 1.11 bits per heavy atom. The number of unbranched alkanes of at least 4 members (excludes halogenated alkanes) is 3. The number of aryl methyl sites for hydroxylation is 2. The molecule has 19 heavy (non-hydrogen) atoms. The Bertz CT molecular complexity index is 353. The van der Waals surface area contributed by atoms with Crippen LogP contribution in [0, 0.1) is 6.92 Å². The van der Waals surface area contributed by atoms with Gasteiger partial charge in [-0.25, -0.2) is 0 Å². The molecule has 1 aromatic rings. The van der Waals surface area contributed by atoms with Crippen LogP contribution in [0.5, 0.6) is 5.75 Å². The summed E-state index contributed by atoms with van der Waals surface area (Å²) in [6.45, 7) is 9.08. The molecule has 3 heteroatoms. The second kappa shape index (κ2) is 9.79. The highest BCUT2D eigenvalue weighted by atomic mass is 16.5. The number of nitrogens with zero attached hydrogens (tertiary/aromatic N) is 1. The van der Waals surface area contributed by atoms with E-state index in [-0.39, 0.29) is 0 Å². The lowest BCUT2D eigenvalue weighted by molar-refractivity contribution is 0.309. The molecule has 0 aliphatic carbocycles. The molecule has 1 N–H and O–H groups in total. The summed E-state index contributed by atoms with van der Waals surface area (Å²) in [5.74, 6) is 0.931. The van der Waals surface area contributed by atoms with E-state index in [2.05, 4.69) is 24.1 Å². The largest absolute Gasteiger partial charge is 0.490 e. The Kier molecular flexibility index (Phi) is 8.23. The molecule has 0 aromatic carbocycles. The van der Waals surface area contributed by atoms with Gasteiger partial charge in [-0.2, -0.15) is 0 Å². The molecule has 0 fully saturated rings. The monoisotopic (exact) mass is 264 g/mol. The highest BCUT2D eigenvalue weighted by Gasteiger charge is 2.03. The van der Waals surface area contributed by atoms with Crippen LogP contribution in [0.1, 0.15) is 50.9 Å². The number of hydrogen-bond acceptors (Lipinski definition) is 3. The Balaban J connectivity index is 2.15. The number of pyridine rings is 1. The van der Waals surface area contributed by atoms with Crippen molar-refractivity contribution >= 4 is 0 Å². The van der Waals surface area contributed by atoms with Crippen molar-refractivity contribution in [1.82, 2.24) is 10.3 Å². The first-order chi connectivity index (χ1) is 9.27. The van der Waals surface area contributed by atoms with E-state index in [0.717, 1.165) is 36.6 Å². The summed E-state index contributed by atoms with van der Waals surface area (Å²) in [5.41, 5.74) is 2.11. The summed E-state index contributed by atoms with van der Waals surface area (Å²) in [6.07, 6.45) is 6.14. The second-order valence-electron chi connectivity index (χ2n) is 4.91. The second-order valence-corrected chi connectivity index (χ2v) is 4.91. The van der Waals surface area contributed by atoms with E-state index in [4.69, 9.17) is 4.74 Å². The van der Waals surface area contributed by atoms with E-state index < -0.39 is 0 Å². The fourth-order valence-electron chi connectivity index (χ4n) is 2.02. The molecule has 0 spiro atoms. The normalized spacial score (nSPS) is 10.7. The maximum absolute atomic E-state index is 5.79. The van der Waals surface area contributed by atoms with E-state index in [0.29, 0.717) is 6.61 Å². The van der Waals surface area contributed by atoms with Crippen LogP contribution < -0.4 is 10.1 Å². The smallest absolute Gasteiger partial charge is 0.140 e. The van der Waals surface area contributed by atoms with Crippen LogP contribution in [0.3, 0.4) is 0 Å². The highest BCUT2D eigenvalue weighted by Crippen LogP contribution is 2.16. The van der Waals surface area contributed by atoms with Crippen LogP contribution in [-0.4, -0.2) is 24.7 Å². The van der Waals surface area contributed by atoms with Gasteiger partial charge in [-0.1, -0.05) is 33.1 Å². The molecule has 0 atom stereocenters. The zero-order chi connectivity index (χ0) is 13.9. The van der Waals surface area contributed by atoms with Crippen molar-refractivity contribution in [2.45, 2.75) is 52.9 Å². The van der Waals surface area contributed by atoms with Gasteiger partial charge in [0.15, 0.2) is 0 Å². The average molecular weight is 264 g/mol. The third-order valence-electron chi connectivity index (χ3n) is 3.15. The number of hydrogen-bond donors (Lipinski definition) is 1. The quantitative estimate of drug-likeness (QED) is 0.657. The maximum atomic E-state index is 5.79. The van der Waals surface area contributed by atoms with Crippen molar-refractivity contribution in [3.8, 4) is 5.75 Å². The van der Waals surface area contributed by atoms with Gasteiger partial charge < -0.3 is 10.1 Å². The van der Waals surface area contributed by atoms with Gasteiger partial charge in [0.1, 0.15) is 12.4 Å². The third kappa shape index (κ3) is 6.58. The summed E-state index contributed by atoms with van der Waals surface area (Å²) in [6, 6.07) is 4.04. The molecule has 0 saturated carbocycles. The van der Waals surface area contributed by atoms with E-state index in [1.165, 1.54) is 25.7 Å². The summed E-state index contributed by atoms with van der Waals surface area (Å²) >= 11 is 0. The van der Waals surface area contributed by atoms with Gasteiger partial charge in [-0.15, -0.1) is 0 Å². The lowest BCUT2D eigenvalue weighted by Gasteiger charge is -2.11. The summed E-state index contributed by atoms with van der Waals surface area (Å²) < 4.78 is 5.79. The predicted molar refractivity (Wildman–Crippen MR) is 80.9 cm³/mol. The van der Waals surface area contributed by atoms with Gasteiger partial charge in [0, 0.05) is 12.2 Å². The highest BCUT2D eigenvalue weighted by molar-refractivity contribution is 5.29. The van der Waals surface area contributed by atoms with Crippen molar-refractivity contribution in [3.63, 3.8) is 0 Å². The summed E-state index contributed by atoms with van der Waals surface area (Å²) in [4.78, 5) is 4.50. The van der Waals surface area contributed by atoms with Gasteiger partial charge >= 0.3 is 0 Å². The first-order valence-electron chi connectivity index (χ1n) is 7.58. The van der Waals surface area contributed by atoms with E-state index in [1.807, 2.05) is 19.1 Å². The van der Waals surface area contributed by atoms with Crippen LogP contribution in [0.15, 0.2) is 12.1 Å². The molecule has 0 saturated heterocycles. The van der Waals surface area contributed by atoms with Crippen LogP contribution in [0.2, 0.25) is 0 Å². The zero-order valence-corrected chi connectivity index (χ0v) is 12.7. The number of ether oxygens (including phenoxy) is 1. The third-order valence-corrected chi connectivity index (χ3v) is 3.15. The van der Waals surface area contributed by atoms with Crippen molar-refractivity contribution in [2.24, 2.45) is 0 Å². The molecule has 3 nitrogen and oxygen atoms in total. The standard InChI is InChI=1S/C16H28N2O/c1-4-6-7-8-11-17-12-13-19-16-10-9-14(3)18-15(16)5-2/h9-10,17H,4-8,11-13H2,1-3H3. The average Bonchev–Trinajstić information content (AvgIpc) is 2.43. The van der Waals surface area contributed by atoms with E-state index in [9.17, 15) is 0 Å². The van der Waals surface area contributed by atoms with E-state index >= 15 is 0 Å². The van der Waals surface area contributed by atoms with Crippen LogP contribution in [-0.2, 0) is 6.42 Å². The molecule has 1 rings (SSSR count). The Morgan fingerprint density at radius 3 is 2.68 bits per heavy atom. The van der Waals surface area contributed by atoms with Gasteiger partial charge in [0.05, 0.1) is 5.69 Å². The summed E-state index contributed by atoms with van der Waals surface area (Å²) in [5, 5.41) is 3.42. The van der Waals surface area contributed by atoms with E-state index in [1.54, 1.807) is 0 Å². The molecule has 0 radical (unpaired) electrons. The number of nitrogens with one attached hydrogen (secondary N) is 1. The lowest BCUT2D eigenvalue weighted by Crippen LogP contribution is -2.22. The van der Waals surface area contributed by atoms with Gasteiger partial charge in [-0.05, 0) is 38.4 Å². The van der Waals surface area contributed by atoms with Crippen LogP contribution >= 0.6 is 0 Å². The minimum atomic E-state index is 0.714. The van der Waals surface area contributed by atoms with Crippen LogP contribution in [0.25, 0.3) is 0 Å². The minimum Gasteiger partial charge on any atom is -0.490 e. The molecular weight excluding hydrogens is 236 g/mol. The van der Waals surface area contributed by atoms with Crippen LogP contribution in [0.4, 0.5) is 0 Å². The zero-order valence-electron chi connectivity index (χ0n) is 12.7. The fraction of sp³-hybridized carbons (Fsp3) is 0.688. The Labute approximate surface area is 117 Å². The fourth-order valence-corrected chi connectivity index (χ4v) is 2.02. The minimum absolute atomic E-state index is 0.714. The molecule has 0 amide bonds. The molecule has 108 valence electrons. The van der Waals surface area contributed by atoms with Gasteiger partial charge in [0.25, 0.3) is 0 Å². The first-order valence-corrected chi connectivity index (χ1v) is 7.58. The molecular formula is C16H28N2O. The molecule has 1 heterocycles. The first kappa shape index (κ1) is 16.0. The van der Waals surface area contributed by atoms with Crippen molar-refractivity contribution < 1.29 is 4.74 Å². The topological polar surface area (TPSA) is 34.1 Å². The van der Waals surface area contributed by atoms with Crippen molar-refractivity contribution in [3.05, 3.63) is 23.5 Å². The molecule has 0 aliphatic heterocycles. The lowest BCUT2D eigenvalue weighted by atomic mass is 10.2. The Morgan fingerprint density at radius 2 is 1.95 bits per heavy atom. The predicted octanol–water partition coefficient (Wildman–Crippen LogP) is 3.50. The van der Waals surface area contributed by atoms with Crippen molar-refractivity contribution in [2.75, 3.05) is 19.7 Å². The maximum Gasteiger partial charge on any atom is 0.140 e. The van der Waals surface area contributed by atoms with Gasteiger partial charge in [-0.3, -0.25) is 4.98 Å². The Hall–Kier alpha value is -1.09.